The summed E-state index contributed by atoms with van der Waals surface area (Å²) >= 11 is 0. The Hall–Kier alpha value is -2.43. The maximum absolute atomic E-state index is 10.6. The van der Waals surface area contributed by atoms with E-state index in [-0.39, 0.29) is 18.3 Å². The lowest BCUT2D eigenvalue weighted by molar-refractivity contribution is 0.0652. The van der Waals surface area contributed by atoms with Gasteiger partial charge in [0.2, 0.25) is 5.76 Å². The second kappa shape index (κ2) is 5.27. The molecule has 1 N–H and O–H groups in total. The number of carbonyl (C=O) groups is 1. The first kappa shape index (κ1) is 12.0. The van der Waals surface area contributed by atoms with Crippen LogP contribution < -0.4 is 9.47 Å². The van der Waals surface area contributed by atoms with E-state index >= 15 is 0 Å². The van der Waals surface area contributed by atoms with Crippen LogP contribution in [-0.4, -0.2) is 18.2 Å². The minimum atomic E-state index is -1.12. The summed E-state index contributed by atoms with van der Waals surface area (Å²) in [5.41, 5.74) is 0.905. The smallest absolute Gasteiger partial charge is 0.371 e. The summed E-state index contributed by atoms with van der Waals surface area (Å²) in [4.78, 5) is 10.6. The van der Waals surface area contributed by atoms with Gasteiger partial charge in [-0.05, 0) is 23.8 Å². The van der Waals surface area contributed by atoms with Crippen molar-refractivity contribution in [2.24, 2.45) is 0 Å². The lowest BCUT2D eigenvalue weighted by Gasteiger charge is -2.04. The molecule has 0 fully saturated rings. The fourth-order valence-electron chi connectivity index (χ4n) is 1.43. The SMILES string of the molecule is COc1cccc(COc2ccc(C(=O)O)o2)c1. The zero-order valence-corrected chi connectivity index (χ0v) is 9.75. The molecule has 0 aliphatic rings. The molecule has 18 heavy (non-hydrogen) atoms. The van der Waals surface area contributed by atoms with Crippen LogP contribution in [0.3, 0.4) is 0 Å². The Morgan fingerprint density at radius 3 is 2.83 bits per heavy atom. The number of aromatic carboxylic acids is 1. The molecule has 0 aliphatic heterocycles. The van der Waals surface area contributed by atoms with Gasteiger partial charge in [0.15, 0.2) is 0 Å². The van der Waals surface area contributed by atoms with Gasteiger partial charge in [-0.2, -0.15) is 0 Å². The largest absolute Gasteiger partial charge is 0.497 e. The molecule has 1 aromatic carbocycles. The predicted molar refractivity (Wildman–Crippen MR) is 63.0 cm³/mol. The molecular formula is C13H12O5. The first-order chi connectivity index (χ1) is 8.69. The topological polar surface area (TPSA) is 68.9 Å². The van der Waals surface area contributed by atoms with Crippen molar-refractivity contribution in [1.82, 2.24) is 0 Å². The molecule has 0 radical (unpaired) electrons. The van der Waals surface area contributed by atoms with Crippen LogP contribution in [-0.2, 0) is 6.61 Å². The third-order valence-corrected chi connectivity index (χ3v) is 2.31. The highest BCUT2D eigenvalue weighted by Gasteiger charge is 2.09. The van der Waals surface area contributed by atoms with Crippen LogP contribution in [0.2, 0.25) is 0 Å². The van der Waals surface area contributed by atoms with E-state index in [1.807, 2.05) is 24.3 Å². The normalized spacial score (nSPS) is 10.1. The minimum absolute atomic E-state index is 0.143. The molecule has 0 amide bonds. The lowest BCUT2D eigenvalue weighted by atomic mass is 10.2. The average molecular weight is 248 g/mol. The standard InChI is InChI=1S/C13H12O5/c1-16-10-4-2-3-9(7-10)8-17-12-6-5-11(18-12)13(14)15/h2-7H,8H2,1H3,(H,14,15). The number of carboxylic acid groups (broad SMARTS) is 1. The van der Waals surface area contributed by atoms with Crippen molar-refractivity contribution in [3.05, 3.63) is 47.7 Å². The molecule has 94 valence electrons. The van der Waals surface area contributed by atoms with Crippen LogP contribution >= 0.6 is 0 Å². The number of ether oxygens (including phenoxy) is 2. The summed E-state index contributed by atoms with van der Waals surface area (Å²) < 4.78 is 15.4. The Balaban J connectivity index is 1.99. The number of methoxy groups -OCH3 is 1. The van der Waals surface area contributed by atoms with Crippen LogP contribution in [0.5, 0.6) is 11.7 Å². The van der Waals surface area contributed by atoms with Gasteiger partial charge in [0.1, 0.15) is 12.4 Å². The van der Waals surface area contributed by atoms with Crippen molar-refractivity contribution in [1.29, 1.82) is 0 Å². The first-order valence-corrected chi connectivity index (χ1v) is 5.28. The van der Waals surface area contributed by atoms with Gasteiger partial charge in [-0.3, -0.25) is 0 Å². The van der Waals surface area contributed by atoms with Gasteiger partial charge in [0, 0.05) is 6.07 Å². The molecule has 0 bridgehead atoms. The van der Waals surface area contributed by atoms with Gasteiger partial charge in [-0.15, -0.1) is 0 Å². The van der Waals surface area contributed by atoms with E-state index in [1.54, 1.807) is 7.11 Å². The Morgan fingerprint density at radius 2 is 2.17 bits per heavy atom. The summed E-state index contributed by atoms with van der Waals surface area (Å²) in [5.74, 6) is -0.348. The van der Waals surface area contributed by atoms with Crippen molar-refractivity contribution in [3.63, 3.8) is 0 Å². The van der Waals surface area contributed by atoms with E-state index in [0.29, 0.717) is 0 Å². The van der Waals surface area contributed by atoms with E-state index in [4.69, 9.17) is 19.0 Å². The summed E-state index contributed by atoms with van der Waals surface area (Å²) in [6.45, 7) is 0.282. The summed E-state index contributed by atoms with van der Waals surface area (Å²) in [6.07, 6.45) is 0. The molecule has 0 aliphatic carbocycles. The fraction of sp³-hybridized carbons (Fsp3) is 0.154. The van der Waals surface area contributed by atoms with Crippen LogP contribution in [0.4, 0.5) is 0 Å². The van der Waals surface area contributed by atoms with Gasteiger partial charge in [-0.1, -0.05) is 12.1 Å². The van der Waals surface area contributed by atoms with Crippen molar-refractivity contribution in [2.75, 3.05) is 7.11 Å². The third-order valence-electron chi connectivity index (χ3n) is 2.31. The van der Waals surface area contributed by atoms with E-state index in [0.717, 1.165) is 11.3 Å². The number of hydrogen-bond acceptors (Lipinski definition) is 4. The zero-order valence-electron chi connectivity index (χ0n) is 9.75. The molecule has 0 saturated heterocycles. The molecule has 5 heteroatoms. The van der Waals surface area contributed by atoms with Crippen LogP contribution in [0.1, 0.15) is 16.1 Å². The maximum atomic E-state index is 10.6. The quantitative estimate of drug-likeness (QED) is 0.880. The average Bonchev–Trinajstić information content (AvgIpc) is 2.85. The highest BCUT2D eigenvalue weighted by Crippen LogP contribution is 2.19. The van der Waals surface area contributed by atoms with E-state index < -0.39 is 5.97 Å². The monoisotopic (exact) mass is 248 g/mol. The number of furan rings is 1. The summed E-state index contributed by atoms with van der Waals surface area (Å²) in [7, 11) is 1.59. The molecule has 5 nitrogen and oxygen atoms in total. The Bertz CT molecular complexity index is 544. The van der Waals surface area contributed by atoms with E-state index in [2.05, 4.69) is 0 Å². The third kappa shape index (κ3) is 2.82. The number of carboxylic acids is 1. The van der Waals surface area contributed by atoms with Gasteiger partial charge in [0.05, 0.1) is 7.11 Å². The summed E-state index contributed by atoms with van der Waals surface area (Å²) in [6, 6.07) is 10.2. The van der Waals surface area contributed by atoms with Gasteiger partial charge < -0.3 is 19.0 Å². The van der Waals surface area contributed by atoms with Gasteiger partial charge >= 0.3 is 5.97 Å². The van der Waals surface area contributed by atoms with Gasteiger partial charge in [0.25, 0.3) is 5.95 Å². The maximum Gasteiger partial charge on any atom is 0.371 e. The van der Waals surface area contributed by atoms with Crippen LogP contribution in [0, 0.1) is 0 Å². The minimum Gasteiger partial charge on any atom is -0.497 e. The van der Waals surface area contributed by atoms with Crippen LogP contribution in [0.15, 0.2) is 40.8 Å². The Morgan fingerprint density at radius 1 is 1.33 bits per heavy atom. The van der Waals surface area contributed by atoms with Crippen molar-refractivity contribution < 1.29 is 23.8 Å². The molecule has 2 rings (SSSR count). The Labute approximate surface area is 104 Å². The number of benzene rings is 1. The van der Waals surface area contributed by atoms with Gasteiger partial charge in [-0.25, -0.2) is 4.79 Å². The second-order valence-corrected chi connectivity index (χ2v) is 3.56. The molecule has 1 aromatic heterocycles. The van der Waals surface area contributed by atoms with E-state index in [9.17, 15) is 4.79 Å². The van der Waals surface area contributed by atoms with Crippen molar-refractivity contribution in [2.45, 2.75) is 6.61 Å². The lowest BCUT2D eigenvalue weighted by Crippen LogP contribution is -1.95. The highest BCUT2D eigenvalue weighted by atomic mass is 16.6. The van der Waals surface area contributed by atoms with Crippen LogP contribution in [0.25, 0.3) is 0 Å². The Kier molecular flexibility index (Phi) is 3.52. The number of hydrogen-bond donors (Lipinski definition) is 1. The molecule has 2 aromatic rings. The van der Waals surface area contributed by atoms with Crippen molar-refractivity contribution >= 4 is 5.97 Å². The summed E-state index contributed by atoms with van der Waals surface area (Å²) in [5, 5.41) is 8.69. The molecule has 0 spiro atoms. The van der Waals surface area contributed by atoms with Crippen molar-refractivity contribution in [3.8, 4) is 11.7 Å². The second-order valence-electron chi connectivity index (χ2n) is 3.56. The molecule has 0 unspecified atom stereocenters. The molecule has 1 heterocycles. The predicted octanol–water partition coefficient (Wildman–Crippen LogP) is 2.57. The fourth-order valence-corrected chi connectivity index (χ4v) is 1.43. The number of rotatable bonds is 5. The highest BCUT2D eigenvalue weighted by molar-refractivity contribution is 5.84. The molecule has 0 saturated carbocycles. The first-order valence-electron chi connectivity index (χ1n) is 5.28. The molecule has 0 atom stereocenters. The molecular weight excluding hydrogens is 236 g/mol. The zero-order chi connectivity index (χ0) is 13.0. The van der Waals surface area contributed by atoms with E-state index in [1.165, 1.54) is 12.1 Å².